The van der Waals surface area contributed by atoms with Gasteiger partial charge in [-0.25, -0.2) is 14.9 Å². The van der Waals surface area contributed by atoms with E-state index >= 15 is 0 Å². The first-order chi connectivity index (χ1) is 15.1. The molecule has 6 nitrogen and oxygen atoms in total. The minimum absolute atomic E-state index is 0.101. The zero-order chi connectivity index (χ0) is 21.6. The molecule has 3 aromatic carbocycles. The Morgan fingerprint density at radius 3 is 2.16 bits per heavy atom. The van der Waals surface area contributed by atoms with Crippen LogP contribution in [0.5, 0.6) is 0 Å². The first kappa shape index (κ1) is 19.9. The van der Waals surface area contributed by atoms with Crippen LogP contribution in [0.4, 0.5) is 4.39 Å². The molecule has 2 N–H and O–H groups in total. The molecular weight excluding hydrogens is 395 g/mol. The third-order valence-corrected chi connectivity index (χ3v) is 4.57. The van der Waals surface area contributed by atoms with Gasteiger partial charge in [-0.05, 0) is 23.3 Å². The number of nitrogens with one attached hydrogen (secondary N) is 2. The van der Waals surface area contributed by atoms with E-state index in [-0.39, 0.29) is 11.4 Å². The summed E-state index contributed by atoms with van der Waals surface area (Å²) in [5.41, 5.74) is 4.55. The second-order valence-electron chi connectivity index (χ2n) is 6.63. The maximum atomic E-state index is 13.0. The Labute approximate surface area is 177 Å². The van der Waals surface area contributed by atoms with Crippen LogP contribution in [0.1, 0.15) is 15.9 Å². The number of rotatable bonds is 5. The van der Waals surface area contributed by atoms with Gasteiger partial charge >= 0.3 is 0 Å². The summed E-state index contributed by atoms with van der Waals surface area (Å²) in [6.45, 7) is 0. The number of nitrogens with zero attached hydrogens (tertiary/aromatic N) is 2. The fourth-order valence-electron chi connectivity index (χ4n) is 3.13. The highest BCUT2D eigenvalue weighted by atomic mass is 19.1. The molecule has 0 unspecified atom stereocenters. The molecule has 0 atom stereocenters. The lowest BCUT2D eigenvalue weighted by molar-refractivity contribution is 0.0954. The van der Waals surface area contributed by atoms with E-state index in [9.17, 15) is 14.0 Å². The lowest BCUT2D eigenvalue weighted by Crippen LogP contribution is -2.28. The number of hydrogen-bond donors (Lipinski definition) is 2. The van der Waals surface area contributed by atoms with Gasteiger partial charge in [-0.3, -0.25) is 9.59 Å². The van der Waals surface area contributed by atoms with E-state index < -0.39 is 11.5 Å². The van der Waals surface area contributed by atoms with Crippen LogP contribution in [0.25, 0.3) is 22.4 Å². The van der Waals surface area contributed by atoms with Gasteiger partial charge in [0, 0.05) is 11.1 Å². The van der Waals surface area contributed by atoms with Gasteiger partial charge < -0.3 is 0 Å². The van der Waals surface area contributed by atoms with Gasteiger partial charge in [0.25, 0.3) is 11.5 Å². The van der Waals surface area contributed by atoms with Crippen molar-refractivity contribution in [3.8, 4) is 22.4 Å². The van der Waals surface area contributed by atoms with Crippen molar-refractivity contribution < 1.29 is 9.18 Å². The first-order valence-electron chi connectivity index (χ1n) is 9.46. The van der Waals surface area contributed by atoms with Gasteiger partial charge in [0.2, 0.25) is 0 Å². The van der Waals surface area contributed by atoms with E-state index in [1.165, 1.54) is 30.5 Å². The largest absolute Gasteiger partial charge is 0.277 e. The fraction of sp³-hybridized carbons (Fsp3) is 0. The Morgan fingerprint density at radius 2 is 1.52 bits per heavy atom. The third-order valence-electron chi connectivity index (χ3n) is 4.57. The molecule has 0 saturated carbocycles. The van der Waals surface area contributed by atoms with Crippen LogP contribution in [0.2, 0.25) is 0 Å². The molecule has 0 spiro atoms. The van der Waals surface area contributed by atoms with E-state index in [0.29, 0.717) is 22.4 Å². The van der Waals surface area contributed by atoms with E-state index in [4.69, 9.17) is 0 Å². The monoisotopic (exact) mass is 412 g/mol. The molecule has 152 valence electrons. The summed E-state index contributed by atoms with van der Waals surface area (Å²) in [4.78, 5) is 25.6. The predicted octanol–water partition coefficient (Wildman–Crippen LogP) is 4.01. The van der Waals surface area contributed by atoms with Crippen LogP contribution in [-0.2, 0) is 0 Å². The van der Waals surface area contributed by atoms with E-state index in [1.54, 1.807) is 0 Å². The SMILES string of the molecule is O=C(N/N=C/c1ccc(F)cc1)c1c(-c2ccccc2)c(-c2ccccc2)n[nH]c1=O. The van der Waals surface area contributed by atoms with Gasteiger partial charge in [0.1, 0.15) is 11.4 Å². The number of hydrazone groups is 1. The van der Waals surface area contributed by atoms with Crippen molar-refractivity contribution in [3.05, 3.63) is 112 Å². The average molecular weight is 412 g/mol. The Bertz CT molecular complexity index is 1280. The molecule has 4 aromatic rings. The molecule has 0 bridgehead atoms. The number of carbonyl (C=O) groups excluding carboxylic acids is 1. The van der Waals surface area contributed by atoms with Crippen molar-refractivity contribution in [2.45, 2.75) is 0 Å². The summed E-state index contributed by atoms with van der Waals surface area (Å²) in [5, 5.41) is 10.5. The Morgan fingerprint density at radius 1 is 0.903 bits per heavy atom. The highest BCUT2D eigenvalue weighted by molar-refractivity contribution is 6.03. The highest BCUT2D eigenvalue weighted by Crippen LogP contribution is 2.31. The Kier molecular flexibility index (Phi) is 5.75. The fourth-order valence-corrected chi connectivity index (χ4v) is 3.13. The number of halogens is 1. The smallest absolute Gasteiger partial charge is 0.267 e. The molecule has 0 fully saturated rings. The van der Waals surface area contributed by atoms with Crippen molar-refractivity contribution in [1.29, 1.82) is 0 Å². The second kappa shape index (κ2) is 8.96. The van der Waals surface area contributed by atoms with Crippen LogP contribution < -0.4 is 11.0 Å². The van der Waals surface area contributed by atoms with Crippen molar-refractivity contribution in [1.82, 2.24) is 15.6 Å². The molecule has 0 aliphatic heterocycles. The summed E-state index contributed by atoms with van der Waals surface area (Å²) >= 11 is 0. The van der Waals surface area contributed by atoms with E-state index in [0.717, 1.165) is 5.56 Å². The summed E-state index contributed by atoms with van der Waals surface area (Å²) in [7, 11) is 0. The number of amides is 1. The summed E-state index contributed by atoms with van der Waals surface area (Å²) < 4.78 is 13.0. The highest BCUT2D eigenvalue weighted by Gasteiger charge is 2.22. The second-order valence-corrected chi connectivity index (χ2v) is 6.63. The van der Waals surface area contributed by atoms with Crippen molar-refractivity contribution >= 4 is 12.1 Å². The Hall–Kier alpha value is -4.39. The summed E-state index contributed by atoms with van der Waals surface area (Å²) in [5.74, 6) is -1.05. The number of hydrogen-bond acceptors (Lipinski definition) is 4. The predicted molar refractivity (Wildman–Crippen MR) is 117 cm³/mol. The van der Waals surface area contributed by atoms with Crippen molar-refractivity contribution in [2.24, 2.45) is 5.10 Å². The molecule has 1 amide bonds. The topological polar surface area (TPSA) is 87.2 Å². The number of H-pyrrole nitrogens is 1. The van der Waals surface area contributed by atoms with Gasteiger partial charge in [0.05, 0.1) is 11.9 Å². The molecule has 7 heteroatoms. The standard InChI is InChI=1S/C24H17FN4O2/c25-19-13-11-16(12-14-19)15-26-28-23(30)21-20(17-7-3-1-4-8-17)22(27-29-24(21)31)18-9-5-2-6-10-18/h1-15H,(H,28,30)(H,29,31)/b26-15+. The van der Waals surface area contributed by atoms with Gasteiger partial charge in [-0.2, -0.15) is 10.2 Å². The quantitative estimate of drug-likeness (QED) is 0.384. The van der Waals surface area contributed by atoms with Crippen LogP contribution in [0, 0.1) is 5.82 Å². The number of aromatic nitrogens is 2. The molecule has 1 aromatic heterocycles. The minimum atomic E-state index is -0.682. The normalized spacial score (nSPS) is 10.9. The average Bonchev–Trinajstić information content (AvgIpc) is 2.81. The lowest BCUT2D eigenvalue weighted by Gasteiger charge is -2.12. The van der Waals surface area contributed by atoms with Crippen molar-refractivity contribution in [2.75, 3.05) is 0 Å². The molecule has 0 aliphatic rings. The molecule has 1 heterocycles. The number of benzene rings is 3. The van der Waals surface area contributed by atoms with Gasteiger partial charge in [0.15, 0.2) is 0 Å². The van der Waals surface area contributed by atoms with Crippen LogP contribution in [0.3, 0.4) is 0 Å². The molecule has 0 aliphatic carbocycles. The minimum Gasteiger partial charge on any atom is -0.267 e. The van der Waals surface area contributed by atoms with Crippen LogP contribution in [-0.4, -0.2) is 22.3 Å². The zero-order valence-electron chi connectivity index (χ0n) is 16.2. The van der Waals surface area contributed by atoms with E-state index in [1.807, 2.05) is 60.7 Å². The van der Waals surface area contributed by atoms with E-state index in [2.05, 4.69) is 20.7 Å². The summed E-state index contributed by atoms with van der Waals surface area (Å²) in [6, 6.07) is 24.0. The maximum absolute atomic E-state index is 13.0. The molecule has 0 radical (unpaired) electrons. The third kappa shape index (κ3) is 4.45. The number of aromatic amines is 1. The molecular formula is C24H17FN4O2. The van der Waals surface area contributed by atoms with Gasteiger partial charge in [-0.1, -0.05) is 72.8 Å². The zero-order valence-corrected chi connectivity index (χ0v) is 16.2. The maximum Gasteiger partial charge on any atom is 0.277 e. The molecule has 4 rings (SSSR count). The molecule has 31 heavy (non-hydrogen) atoms. The number of carbonyl (C=O) groups is 1. The summed E-state index contributed by atoms with van der Waals surface area (Å²) in [6.07, 6.45) is 1.37. The van der Waals surface area contributed by atoms with Gasteiger partial charge in [-0.15, -0.1) is 0 Å². The first-order valence-corrected chi connectivity index (χ1v) is 9.46. The van der Waals surface area contributed by atoms with Crippen molar-refractivity contribution in [3.63, 3.8) is 0 Å². The Balaban J connectivity index is 1.76. The van der Waals surface area contributed by atoms with Crippen LogP contribution in [0.15, 0.2) is 94.8 Å². The lowest BCUT2D eigenvalue weighted by atomic mass is 9.95. The molecule has 0 saturated heterocycles. The van der Waals surface area contributed by atoms with Crippen LogP contribution >= 0.6 is 0 Å².